The molecule has 1 amide bonds. The molecular weight excluding hydrogens is 345 g/mol. The quantitative estimate of drug-likeness (QED) is 0.814. The molecule has 1 aliphatic heterocycles. The highest BCUT2D eigenvalue weighted by molar-refractivity contribution is 7.79. The minimum atomic E-state index is -1.38. The zero-order valence-corrected chi connectivity index (χ0v) is 16.0. The topological polar surface area (TPSA) is 55.8 Å². The fourth-order valence-electron chi connectivity index (χ4n) is 2.96. The van der Waals surface area contributed by atoms with Gasteiger partial charge in [-0.1, -0.05) is 12.1 Å². The van der Waals surface area contributed by atoms with Gasteiger partial charge in [0.15, 0.2) is 11.1 Å². The summed E-state index contributed by atoms with van der Waals surface area (Å²) in [6.45, 7) is 6.79. The van der Waals surface area contributed by atoms with E-state index in [-0.39, 0.29) is 18.5 Å². The monoisotopic (exact) mass is 371 g/mol. The van der Waals surface area contributed by atoms with E-state index >= 15 is 0 Å². The molecule has 25 heavy (non-hydrogen) atoms. The van der Waals surface area contributed by atoms with Crippen molar-refractivity contribution in [2.45, 2.75) is 44.6 Å². The van der Waals surface area contributed by atoms with E-state index in [1.807, 2.05) is 20.8 Å². The zero-order valence-electron chi connectivity index (χ0n) is 15.2. The van der Waals surface area contributed by atoms with E-state index in [9.17, 15) is 13.4 Å². The third kappa shape index (κ3) is 5.51. The predicted molar refractivity (Wildman–Crippen MR) is 95.1 cm³/mol. The van der Waals surface area contributed by atoms with Gasteiger partial charge in [-0.05, 0) is 51.3 Å². The van der Waals surface area contributed by atoms with Crippen LogP contribution in [0.1, 0.15) is 39.2 Å². The summed E-state index contributed by atoms with van der Waals surface area (Å²) in [5, 5.41) is 0. The largest absolute Gasteiger partial charge is 0.444 e. The Hall–Kier alpha value is -1.47. The van der Waals surface area contributed by atoms with Crippen LogP contribution in [-0.2, 0) is 25.4 Å². The third-order valence-electron chi connectivity index (χ3n) is 4.33. The molecule has 0 aliphatic carbocycles. The summed E-state index contributed by atoms with van der Waals surface area (Å²) in [7, 11) is 0. The molecule has 1 aliphatic rings. The number of carbonyl (C=O) groups is 1. The first kappa shape index (κ1) is 19.8. The van der Waals surface area contributed by atoms with Crippen molar-refractivity contribution in [3.63, 3.8) is 0 Å². The van der Waals surface area contributed by atoms with Crippen LogP contribution < -0.4 is 0 Å². The Morgan fingerprint density at radius 3 is 2.28 bits per heavy atom. The molecule has 1 fully saturated rings. The van der Waals surface area contributed by atoms with Crippen molar-refractivity contribution in [2.24, 2.45) is 0 Å². The third-order valence-corrected chi connectivity index (χ3v) is 4.78. The summed E-state index contributed by atoms with van der Waals surface area (Å²) < 4.78 is 35.5. The van der Waals surface area contributed by atoms with Crippen LogP contribution in [0.3, 0.4) is 0 Å². The van der Waals surface area contributed by atoms with E-state index in [0.29, 0.717) is 25.9 Å². The first-order chi connectivity index (χ1) is 11.6. The van der Waals surface area contributed by atoms with Crippen molar-refractivity contribution in [2.75, 3.05) is 26.0 Å². The van der Waals surface area contributed by atoms with Crippen molar-refractivity contribution in [1.29, 1.82) is 0 Å². The van der Waals surface area contributed by atoms with E-state index in [0.717, 1.165) is 5.56 Å². The highest BCUT2D eigenvalue weighted by Gasteiger charge is 2.39. The lowest BCUT2D eigenvalue weighted by atomic mass is 9.73. The number of halogens is 1. The van der Waals surface area contributed by atoms with Gasteiger partial charge in [0.2, 0.25) is 0 Å². The van der Waals surface area contributed by atoms with Gasteiger partial charge in [0, 0.05) is 24.8 Å². The Bertz CT molecular complexity index is 619. The molecule has 0 aromatic heterocycles. The van der Waals surface area contributed by atoms with Gasteiger partial charge in [0.25, 0.3) is 0 Å². The molecule has 1 aromatic rings. The minimum Gasteiger partial charge on any atom is -0.444 e. The molecule has 0 radical (unpaired) electrons. The summed E-state index contributed by atoms with van der Waals surface area (Å²) >= 11 is -1.38. The van der Waals surface area contributed by atoms with E-state index in [2.05, 4.69) is 0 Å². The minimum absolute atomic E-state index is 0.268. The van der Waals surface area contributed by atoms with Crippen LogP contribution in [0.4, 0.5) is 9.18 Å². The second kappa shape index (κ2) is 7.83. The number of hydrogen-bond acceptors (Lipinski definition) is 4. The van der Waals surface area contributed by atoms with Crippen LogP contribution in [0.25, 0.3) is 0 Å². The average Bonchev–Trinajstić information content (AvgIpc) is 2.52. The van der Waals surface area contributed by atoms with Crippen LogP contribution in [0, 0.1) is 5.82 Å². The lowest BCUT2D eigenvalue weighted by molar-refractivity contribution is 0.0136. The Kier molecular flexibility index (Phi) is 6.21. The molecule has 1 aromatic carbocycles. The Balaban J connectivity index is 2.13. The molecular formula is C18H26FNO4S. The normalized spacial score (nSPS) is 18.7. The van der Waals surface area contributed by atoms with E-state index < -0.39 is 22.1 Å². The van der Waals surface area contributed by atoms with Gasteiger partial charge in [-0.25, -0.2) is 13.4 Å². The second-order valence-electron chi connectivity index (χ2n) is 7.42. The van der Waals surface area contributed by atoms with Gasteiger partial charge in [0.1, 0.15) is 11.4 Å². The number of hydrogen-bond donors (Lipinski definition) is 0. The summed E-state index contributed by atoms with van der Waals surface area (Å²) in [5.74, 6) is -0.301. The molecule has 5 nitrogen and oxygen atoms in total. The molecule has 140 valence electrons. The Morgan fingerprint density at radius 1 is 1.24 bits per heavy atom. The summed E-state index contributed by atoms with van der Waals surface area (Å²) in [6.07, 6.45) is 2.42. The van der Waals surface area contributed by atoms with Crippen LogP contribution in [0.2, 0.25) is 0 Å². The molecule has 1 heterocycles. The first-order valence-corrected chi connectivity index (χ1v) is 9.80. The van der Waals surface area contributed by atoms with Gasteiger partial charge in [-0.3, -0.25) is 4.18 Å². The highest BCUT2D eigenvalue weighted by Crippen LogP contribution is 2.36. The van der Waals surface area contributed by atoms with Gasteiger partial charge < -0.3 is 9.64 Å². The lowest BCUT2D eigenvalue weighted by Gasteiger charge is -2.42. The molecule has 1 atom stereocenters. The molecule has 0 spiro atoms. The second-order valence-corrected chi connectivity index (χ2v) is 8.46. The van der Waals surface area contributed by atoms with E-state index in [1.165, 1.54) is 18.4 Å². The van der Waals surface area contributed by atoms with Gasteiger partial charge in [-0.15, -0.1) is 0 Å². The summed E-state index contributed by atoms with van der Waals surface area (Å²) in [5.41, 5.74) is 0.00561. The number of rotatable bonds is 4. The van der Waals surface area contributed by atoms with Gasteiger partial charge >= 0.3 is 6.09 Å². The lowest BCUT2D eigenvalue weighted by Crippen LogP contribution is -2.48. The van der Waals surface area contributed by atoms with Crippen molar-refractivity contribution in [1.82, 2.24) is 4.90 Å². The molecule has 0 N–H and O–H groups in total. The fraction of sp³-hybridized carbons (Fsp3) is 0.611. The predicted octanol–water partition coefficient (Wildman–Crippen LogP) is 3.40. The summed E-state index contributed by atoms with van der Waals surface area (Å²) in [6, 6.07) is 6.31. The van der Waals surface area contributed by atoms with Crippen molar-refractivity contribution in [3.05, 3.63) is 35.6 Å². The summed E-state index contributed by atoms with van der Waals surface area (Å²) in [4.78, 5) is 13.9. The number of benzene rings is 1. The molecule has 7 heteroatoms. The molecule has 1 unspecified atom stereocenters. The van der Waals surface area contributed by atoms with Gasteiger partial charge in [-0.2, -0.15) is 0 Å². The Morgan fingerprint density at radius 2 is 1.80 bits per heavy atom. The smallest absolute Gasteiger partial charge is 0.410 e. The standard InChI is InChI=1S/C18H26FNO4S/c1-17(2,3)24-16(21)20-11-9-18(10-12-20,13-23-25(4)22)14-5-7-15(19)8-6-14/h5-8H,9-13H2,1-4H3. The number of nitrogens with zero attached hydrogens (tertiary/aromatic N) is 1. The van der Waals surface area contributed by atoms with Crippen LogP contribution in [0.15, 0.2) is 24.3 Å². The maximum atomic E-state index is 13.3. The van der Waals surface area contributed by atoms with E-state index in [1.54, 1.807) is 17.0 Å². The highest BCUT2D eigenvalue weighted by atomic mass is 32.2. The fourth-order valence-corrected chi connectivity index (χ4v) is 3.35. The average molecular weight is 371 g/mol. The maximum Gasteiger partial charge on any atom is 0.410 e. The molecule has 0 saturated carbocycles. The molecule has 1 saturated heterocycles. The van der Waals surface area contributed by atoms with Crippen LogP contribution in [-0.4, -0.2) is 46.8 Å². The number of carbonyl (C=O) groups excluding carboxylic acids is 1. The number of piperidine rings is 1. The number of amides is 1. The van der Waals surface area contributed by atoms with Crippen molar-refractivity contribution in [3.8, 4) is 0 Å². The van der Waals surface area contributed by atoms with Crippen LogP contribution >= 0.6 is 0 Å². The Labute approximate surface area is 151 Å². The van der Waals surface area contributed by atoms with Crippen LogP contribution in [0.5, 0.6) is 0 Å². The number of likely N-dealkylation sites (tertiary alicyclic amines) is 1. The molecule has 2 rings (SSSR count). The SMILES string of the molecule is CS(=O)OCC1(c2ccc(F)cc2)CCN(C(=O)OC(C)(C)C)CC1. The zero-order chi connectivity index (χ0) is 18.7. The van der Waals surface area contributed by atoms with Gasteiger partial charge in [0.05, 0.1) is 6.61 Å². The van der Waals surface area contributed by atoms with E-state index in [4.69, 9.17) is 8.92 Å². The first-order valence-electron chi connectivity index (χ1n) is 8.32. The maximum absolute atomic E-state index is 13.3. The molecule has 0 bridgehead atoms. The van der Waals surface area contributed by atoms with Crippen molar-refractivity contribution >= 4 is 17.2 Å². The number of ether oxygens (including phenoxy) is 1. The van der Waals surface area contributed by atoms with Crippen molar-refractivity contribution < 1.29 is 22.3 Å².